The minimum Gasteiger partial charge on any atom is -0.271 e. The van der Waals surface area contributed by atoms with Crippen molar-refractivity contribution in [3.8, 4) is 0 Å². The molecule has 2 rings (SSSR count). The maximum Gasteiger partial charge on any atom is 0.0983 e. The zero-order valence-corrected chi connectivity index (χ0v) is 10.2. The molecule has 0 saturated heterocycles. The van der Waals surface area contributed by atoms with E-state index in [1.54, 1.807) is 11.3 Å². The van der Waals surface area contributed by atoms with Gasteiger partial charge < -0.3 is 0 Å². The molecule has 14 heavy (non-hydrogen) atoms. The topological polar surface area (TPSA) is 63.8 Å². The Morgan fingerprint density at radius 3 is 2.79 bits per heavy atom. The van der Waals surface area contributed by atoms with Gasteiger partial charge in [-0.2, -0.15) is 11.3 Å². The van der Waals surface area contributed by atoms with E-state index < -0.39 is 0 Å². The summed E-state index contributed by atoms with van der Waals surface area (Å²) in [5.74, 6) is 5.49. The Kier molecular flexibility index (Phi) is 3.24. The molecule has 1 atom stereocenters. The molecule has 2 aromatic rings. The number of hydrogen-bond donors (Lipinski definition) is 2. The van der Waals surface area contributed by atoms with Crippen LogP contribution in [-0.4, -0.2) is 9.59 Å². The molecule has 0 aliphatic heterocycles. The van der Waals surface area contributed by atoms with E-state index in [1.165, 1.54) is 11.5 Å². The predicted molar refractivity (Wildman–Crippen MR) is 61.1 cm³/mol. The second-order valence-electron chi connectivity index (χ2n) is 2.60. The summed E-state index contributed by atoms with van der Waals surface area (Å²) in [6.07, 6.45) is 0. The zero-order valence-electron chi connectivity index (χ0n) is 6.98. The SMILES string of the molecule is NNC(c1csnn1)c1cscc1Br. The largest absolute Gasteiger partial charge is 0.271 e. The molecule has 0 saturated carbocycles. The summed E-state index contributed by atoms with van der Waals surface area (Å²) < 4.78 is 4.86. The molecule has 2 aromatic heterocycles. The molecule has 0 amide bonds. The summed E-state index contributed by atoms with van der Waals surface area (Å²) in [5, 5.41) is 9.93. The van der Waals surface area contributed by atoms with Gasteiger partial charge in [0.15, 0.2) is 0 Å². The highest BCUT2D eigenvalue weighted by Gasteiger charge is 2.18. The molecule has 0 bridgehead atoms. The molecule has 74 valence electrons. The number of halogens is 1. The van der Waals surface area contributed by atoms with Gasteiger partial charge in [-0.05, 0) is 32.8 Å². The minimum absolute atomic E-state index is 0.0885. The van der Waals surface area contributed by atoms with Crippen molar-refractivity contribution < 1.29 is 0 Å². The second-order valence-corrected chi connectivity index (χ2v) is 4.81. The summed E-state index contributed by atoms with van der Waals surface area (Å²) >= 11 is 6.40. The van der Waals surface area contributed by atoms with Gasteiger partial charge in [-0.3, -0.25) is 5.84 Å². The summed E-state index contributed by atoms with van der Waals surface area (Å²) in [6, 6.07) is -0.0885. The van der Waals surface area contributed by atoms with Gasteiger partial charge in [0.05, 0.1) is 11.7 Å². The zero-order chi connectivity index (χ0) is 9.97. The van der Waals surface area contributed by atoms with E-state index >= 15 is 0 Å². The number of nitrogens with two attached hydrogens (primary N) is 1. The van der Waals surface area contributed by atoms with Crippen LogP contribution in [0.15, 0.2) is 20.6 Å². The maximum absolute atomic E-state index is 5.49. The number of rotatable bonds is 3. The van der Waals surface area contributed by atoms with E-state index in [2.05, 4.69) is 30.9 Å². The first-order chi connectivity index (χ1) is 6.83. The molecule has 7 heteroatoms. The van der Waals surface area contributed by atoms with Crippen LogP contribution < -0.4 is 11.3 Å². The molecule has 1 unspecified atom stereocenters. The highest BCUT2D eigenvalue weighted by Crippen LogP contribution is 2.30. The lowest BCUT2D eigenvalue weighted by molar-refractivity contribution is 0.618. The van der Waals surface area contributed by atoms with Gasteiger partial charge in [0.1, 0.15) is 0 Å². The van der Waals surface area contributed by atoms with Crippen molar-refractivity contribution in [3.63, 3.8) is 0 Å². The lowest BCUT2D eigenvalue weighted by atomic mass is 10.1. The number of hydrazine groups is 1. The smallest absolute Gasteiger partial charge is 0.0983 e. The Bertz CT molecular complexity index is 399. The van der Waals surface area contributed by atoms with Crippen LogP contribution in [0.3, 0.4) is 0 Å². The first-order valence-corrected chi connectivity index (χ1v) is 6.35. The predicted octanol–water partition coefficient (Wildman–Crippen LogP) is 1.91. The summed E-state index contributed by atoms with van der Waals surface area (Å²) in [4.78, 5) is 0. The Morgan fingerprint density at radius 1 is 1.43 bits per heavy atom. The van der Waals surface area contributed by atoms with Crippen LogP contribution in [-0.2, 0) is 0 Å². The first-order valence-electron chi connectivity index (χ1n) is 3.77. The number of thiophene rings is 1. The third kappa shape index (κ3) is 1.86. The highest BCUT2D eigenvalue weighted by molar-refractivity contribution is 9.10. The van der Waals surface area contributed by atoms with Gasteiger partial charge >= 0.3 is 0 Å². The van der Waals surface area contributed by atoms with Gasteiger partial charge in [0.25, 0.3) is 0 Å². The lowest BCUT2D eigenvalue weighted by Gasteiger charge is -2.11. The van der Waals surface area contributed by atoms with E-state index in [1.807, 2.05) is 16.1 Å². The molecule has 0 fully saturated rings. The molecule has 2 heterocycles. The van der Waals surface area contributed by atoms with Crippen LogP contribution in [0.1, 0.15) is 17.3 Å². The van der Waals surface area contributed by atoms with Gasteiger partial charge in [-0.1, -0.05) is 4.49 Å². The highest BCUT2D eigenvalue weighted by atomic mass is 79.9. The summed E-state index contributed by atoms with van der Waals surface area (Å²) in [7, 11) is 0. The van der Waals surface area contributed by atoms with E-state index in [0.717, 1.165) is 15.7 Å². The standard InChI is InChI=1S/C7H7BrN4S2/c8-5-2-13-1-4(5)7(10-9)6-3-14-12-11-6/h1-3,7,10H,9H2. The second kappa shape index (κ2) is 4.45. The Labute approximate surface area is 97.4 Å². The number of nitrogens with zero attached hydrogens (tertiary/aromatic N) is 2. The van der Waals surface area contributed by atoms with Crippen LogP contribution in [0.4, 0.5) is 0 Å². The van der Waals surface area contributed by atoms with Crippen molar-refractivity contribution in [3.05, 3.63) is 31.9 Å². The minimum atomic E-state index is -0.0885. The van der Waals surface area contributed by atoms with Crippen LogP contribution in [0.25, 0.3) is 0 Å². The Hall–Kier alpha value is -0.340. The number of nitrogens with one attached hydrogen (secondary N) is 1. The summed E-state index contributed by atoms with van der Waals surface area (Å²) in [5.41, 5.74) is 4.66. The summed E-state index contributed by atoms with van der Waals surface area (Å²) in [6.45, 7) is 0. The molecule has 4 nitrogen and oxygen atoms in total. The monoisotopic (exact) mass is 290 g/mol. The van der Waals surface area contributed by atoms with Gasteiger partial charge in [0, 0.05) is 20.8 Å². The van der Waals surface area contributed by atoms with Gasteiger partial charge in [-0.15, -0.1) is 5.10 Å². The van der Waals surface area contributed by atoms with Crippen molar-refractivity contribution in [2.24, 2.45) is 5.84 Å². The Morgan fingerprint density at radius 2 is 2.29 bits per heavy atom. The quantitative estimate of drug-likeness (QED) is 0.670. The van der Waals surface area contributed by atoms with Crippen molar-refractivity contribution in [2.75, 3.05) is 0 Å². The van der Waals surface area contributed by atoms with E-state index in [4.69, 9.17) is 5.84 Å². The van der Waals surface area contributed by atoms with Crippen molar-refractivity contribution in [1.82, 2.24) is 15.0 Å². The molecule has 0 radical (unpaired) electrons. The normalized spacial score (nSPS) is 13.0. The average Bonchev–Trinajstić information content (AvgIpc) is 2.80. The molecule has 0 aliphatic rings. The van der Waals surface area contributed by atoms with Crippen molar-refractivity contribution in [2.45, 2.75) is 6.04 Å². The maximum atomic E-state index is 5.49. The molecular weight excluding hydrogens is 284 g/mol. The molecule has 0 aliphatic carbocycles. The lowest BCUT2D eigenvalue weighted by Crippen LogP contribution is -2.29. The molecule has 0 spiro atoms. The van der Waals surface area contributed by atoms with E-state index in [9.17, 15) is 0 Å². The van der Waals surface area contributed by atoms with Crippen molar-refractivity contribution >= 4 is 38.8 Å². The molecule has 3 N–H and O–H groups in total. The van der Waals surface area contributed by atoms with Crippen LogP contribution >= 0.6 is 38.8 Å². The fourth-order valence-corrected chi connectivity index (χ4v) is 3.16. The van der Waals surface area contributed by atoms with Gasteiger partial charge in [-0.25, -0.2) is 5.43 Å². The molecular formula is C7H7BrN4S2. The first kappa shape index (κ1) is 10.2. The number of hydrogen-bond acceptors (Lipinski definition) is 6. The fraction of sp³-hybridized carbons (Fsp3) is 0.143. The molecule has 0 aromatic carbocycles. The van der Waals surface area contributed by atoms with Crippen LogP contribution in [0, 0.1) is 0 Å². The Balaban J connectivity index is 2.36. The third-order valence-electron chi connectivity index (χ3n) is 1.79. The van der Waals surface area contributed by atoms with Crippen LogP contribution in [0.2, 0.25) is 0 Å². The van der Waals surface area contributed by atoms with Gasteiger partial charge in [0.2, 0.25) is 0 Å². The average molecular weight is 291 g/mol. The van der Waals surface area contributed by atoms with E-state index in [-0.39, 0.29) is 6.04 Å². The fourth-order valence-electron chi connectivity index (χ4n) is 1.13. The van der Waals surface area contributed by atoms with E-state index in [0.29, 0.717) is 0 Å². The number of aromatic nitrogens is 2. The van der Waals surface area contributed by atoms with Crippen molar-refractivity contribution in [1.29, 1.82) is 0 Å². The van der Waals surface area contributed by atoms with Crippen LogP contribution in [0.5, 0.6) is 0 Å². The third-order valence-corrected chi connectivity index (χ3v) is 4.07.